The summed E-state index contributed by atoms with van der Waals surface area (Å²) in [4.78, 5) is 9.88. The molecular formula is C18H21F2N5O3S. The van der Waals surface area contributed by atoms with E-state index in [0.29, 0.717) is 12.2 Å². The molecule has 0 amide bonds. The fraction of sp³-hybridized carbons (Fsp3) is 0.444. The van der Waals surface area contributed by atoms with Gasteiger partial charge in [-0.05, 0) is 43.5 Å². The number of primary sulfonamides is 1. The molecule has 2 aliphatic rings. The lowest BCUT2D eigenvalue weighted by Gasteiger charge is -2.51. The number of alkyl halides is 1. The molecule has 1 aromatic carbocycles. The van der Waals surface area contributed by atoms with E-state index in [4.69, 9.17) is 9.88 Å². The summed E-state index contributed by atoms with van der Waals surface area (Å²) in [5.74, 6) is -0.388. The smallest absolute Gasteiger partial charge is 0.238 e. The number of nitrogens with one attached hydrogen (secondary N) is 1. The van der Waals surface area contributed by atoms with Crippen molar-refractivity contribution in [3.8, 4) is 0 Å². The molecule has 1 atom stereocenters. The number of hydrogen-bond donors (Lipinski definition) is 2. The Morgan fingerprint density at radius 1 is 1.31 bits per heavy atom. The molecule has 1 aliphatic heterocycles. The fourth-order valence-electron chi connectivity index (χ4n) is 3.67. The number of sulfonamides is 1. The van der Waals surface area contributed by atoms with E-state index in [1.807, 2.05) is 0 Å². The summed E-state index contributed by atoms with van der Waals surface area (Å²) < 4.78 is 56.3. The van der Waals surface area contributed by atoms with Gasteiger partial charge in [-0.25, -0.2) is 27.3 Å². The van der Waals surface area contributed by atoms with Crippen LogP contribution in [-0.2, 0) is 14.8 Å². The van der Waals surface area contributed by atoms with Crippen molar-refractivity contribution in [1.29, 1.82) is 0 Å². The van der Waals surface area contributed by atoms with Crippen molar-refractivity contribution in [3.05, 3.63) is 36.3 Å². The highest BCUT2D eigenvalue weighted by atomic mass is 32.2. The van der Waals surface area contributed by atoms with Crippen LogP contribution in [0.5, 0.6) is 0 Å². The average molecular weight is 425 g/mol. The molecule has 11 heteroatoms. The highest BCUT2D eigenvalue weighted by molar-refractivity contribution is 7.89. The molecule has 1 unspecified atom stereocenters. The summed E-state index contributed by atoms with van der Waals surface area (Å²) in [5.41, 5.74) is 0.0674. The summed E-state index contributed by atoms with van der Waals surface area (Å²) in [6.07, 6.45) is 3.06. The van der Waals surface area contributed by atoms with Gasteiger partial charge in [0, 0.05) is 18.8 Å². The topological polar surface area (TPSA) is 110 Å². The molecule has 1 aromatic heterocycles. The van der Waals surface area contributed by atoms with Crippen molar-refractivity contribution in [3.63, 3.8) is 0 Å². The molecule has 2 fully saturated rings. The first-order chi connectivity index (χ1) is 13.8. The summed E-state index contributed by atoms with van der Waals surface area (Å²) in [7, 11) is -3.79. The summed E-state index contributed by atoms with van der Waals surface area (Å²) >= 11 is 0. The molecule has 29 heavy (non-hydrogen) atoms. The third-order valence-corrected chi connectivity index (χ3v) is 6.15. The summed E-state index contributed by atoms with van der Waals surface area (Å²) in [6.45, 7) is 0.00106. The largest absolute Gasteiger partial charge is 0.365 e. The predicted molar refractivity (Wildman–Crippen MR) is 103 cm³/mol. The third kappa shape index (κ3) is 4.16. The monoisotopic (exact) mass is 425 g/mol. The number of halogens is 2. The van der Waals surface area contributed by atoms with Crippen LogP contribution in [0.3, 0.4) is 0 Å². The van der Waals surface area contributed by atoms with E-state index in [0.717, 1.165) is 25.5 Å². The van der Waals surface area contributed by atoms with Crippen molar-refractivity contribution in [1.82, 2.24) is 9.97 Å². The molecular weight excluding hydrogens is 404 g/mol. The van der Waals surface area contributed by atoms with E-state index in [-0.39, 0.29) is 23.2 Å². The lowest BCUT2D eigenvalue weighted by Crippen LogP contribution is -2.60. The first kappa shape index (κ1) is 19.9. The fourth-order valence-corrected chi connectivity index (χ4v) is 4.19. The van der Waals surface area contributed by atoms with Gasteiger partial charge in [0.05, 0.1) is 16.7 Å². The molecule has 2 heterocycles. The van der Waals surface area contributed by atoms with E-state index in [2.05, 4.69) is 15.3 Å². The standard InChI is InChI=1S/C18H21F2N5O3S/c19-8-13-10-25(11-18(28-13)6-1-7-18)16-15(20)9-22-17(24-16)23-12-2-4-14(5-3-12)29(21,26)27/h2-5,9,13H,1,6-8,10-11H2,(H2,21,26,27)(H,22,23,24). The maximum Gasteiger partial charge on any atom is 0.238 e. The Hall–Kier alpha value is -2.37. The van der Waals surface area contributed by atoms with Crippen LogP contribution in [0.15, 0.2) is 35.4 Å². The quantitative estimate of drug-likeness (QED) is 0.755. The van der Waals surface area contributed by atoms with Crippen LogP contribution in [0.4, 0.5) is 26.2 Å². The second-order valence-electron chi connectivity index (χ2n) is 7.37. The van der Waals surface area contributed by atoms with Crippen LogP contribution < -0.4 is 15.4 Å². The van der Waals surface area contributed by atoms with Gasteiger partial charge in [0.1, 0.15) is 12.8 Å². The Balaban J connectivity index is 1.56. The van der Waals surface area contributed by atoms with Crippen LogP contribution in [0.1, 0.15) is 19.3 Å². The molecule has 8 nitrogen and oxygen atoms in total. The van der Waals surface area contributed by atoms with E-state index in [1.54, 1.807) is 4.90 Å². The van der Waals surface area contributed by atoms with Crippen molar-refractivity contribution in [2.45, 2.75) is 35.9 Å². The number of morpholine rings is 1. The maximum absolute atomic E-state index is 14.5. The minimum atomic E-state index is -3.79. The lowest BCUT2D eigenvalue weighted by atomic mass is 9.78. The number of benzene rings is 1. The predicted octanol–water partition coefficient (Wildman–Crippen LogP) is 2.10. The zero-order valence-corrected chi connectivity index (χ0v) is 16.3. The molecule has 0 bridgehead atoms. The van der Waals surface area contributed by atoms with Gasteiger partial charge in [-0.3, -0.25) is 0 Å². The Morgan fingerprint density at radius 3 is 2.62 bits per heavy atom. The van der Waals surface area contributed by atoms with E-state index in [9.17, 15) is 17.2 Å². The molecule has 1 saturated heterocycles. The highest BCUT2D eigenvalue weighted by Gasteiger charge is 2.46. The minimum Gasteiger partial charge on any atom is -0.365 e. The number of aromatic nitrogens is 2. The molecule has 1 aliphatic carbocycles. The van der Waals surface area contributed by atoms with Crippen LogP contribution in [0, 0.1) is 5.82 Å². The van der Waals surface area contributed by atoms with E-state index < -0.39 is 34.2 Å². The van der Waals surface area contributed by atoms with Crippen molar-refractivity contribution in [2.24, 2.45) is 5.14 Å². The van der Waals surface area contributed by atoms with Gasteiger partial charge in [0.25, 0.3) is 0 Å². The number of ether oxygens (including phenoxy) is 1. The van der Waals surface area contributed by atoms with Gasteiger partial charge in [-0.15, -0.1) is 0 Å². The summed E-state index contributed by atoms with van der Waals surface area (Å²) in [5, 5.41) is 7.99. The first-order valence-electron chi connectivity index (χ1n) is 9.19. The molecule has 1 saturated carbocycles. The van der Waals surface area contributed by atoms with Crippen LogP contribution in [0.2, 0.25) is 0 Å². The second kappa shape index (κ2) is 7.47. The van der Waals surface area contributed by atoms with Crippen molar-refractivity contribution in [2.75, 3.05) is 30.0 Å². The van der Waals surface area contributed by atoms with Gasteiger partial charge in [0.15, 0.2) is 11.6 Å². The zero-order valence-electron chi connectivity index (χ0n) is 15.5. The molecule has 1 spiro atoms. The molecule has 0 radical (unpaired) electrons. The maximum atomic E-state index is 14.5. The number of rotatable bonds is 5. The van der Waals surface area contributed by atoms with Gasteiger partial charge in [0.2, 0.25) is 16.0 Å². The van der Waals surface area contributed by atoms with Gasteiger partial charge < -0.3 is 15.0 Å². The van der Waals surface area contributed by atoms with E-state index >= 15 is 0 Å². The van der Waals surface area contributed by atoms with Crippen molar-refractivity contribution >= 4 is 27.5 Å². The van der Waals surface area contributed by atoms with Crippen molar-refractivity contribution < 1.29 is 21.9 Å². The second-order valence-corrected chi connectivity index (χ2v) is 8.93. The van der Waals surface area contributed by atoms with Gasteiger partial charge in [-0.1, -0.05) is 0 Å². The third-order valence-electron chi connectivity index (χ3n) is 5.22. The Labute approximate surface area is 167 Å². The Kier molecular flexibility index (Phi) is 5.13. The molecule has 3 N–H and O–H groups in total. The summed E-state index contributed by atoms with van der Waals surface area (Å²) in [6, 6.07) is 5.69. The number of hydrogen-bond acceptors (Lipinski definition) is 7. The minimum absolute atomic E-state index is 0.0276. The molecule has 156 valence electrons. The van der Waals surface area contributed by atoms with Gasteiger partial charge >= 0.3 is 0 Å². The zero-order chi connectivity index (χ0) is 20.6. The first-order valence-corrected chi connectivity index (χ1v) is 10.7. The lowest BCUT2D eigenvalue weighted by molar-refractivity contribution is -0.152. The normalized spacial score (nSPS) is 21.1. The number of anilines is 3. The van der Waals surface area contributed by atoms with Crippen LogP contribution in [-0.4, -0.2) is 49.9 Å². The Bertz CT molecular complexity index is 999. The average Bonchev–Trinajstić information content (AvgIpc) is 2.67. The molecule has 4 rings (SSSR count). The SMILES string of the molecule is NS(=O)(=O)c1ccc(Nc2ncc(F)c(N3CC(CF)OC4(CCC4)C3)n2)cc1. The Morgan fingerprint density at radius 2 is 2.03 bits per heavy atom. The number of nitrogens with two attached hydrogens (primary N) is 1. The molecule has 2 aromatic rings. The van der Waals surface area contributed by atoms with E-state index in [1.165, 1.54) is 24.3 Å². The van der Waals surface area contributed by atoms with Crippen LogP contribution in [0.25, 0.3) is 0 Å². The number of nitrogens with zero attached hydrogens (tertiary/aromatic N) is 3. The van der Waals surface area contributed by atoms with Gasteiger partial charge in [-0.2, -0.15) is 4.98 Å². The van der Waals surface area contributed by atoms with Crippen LogP contribution >= 0.6 is 0 Å². The highest BCUT2D eigenvalue weighted by Crippen LogP contribution is 2.41.